The predicted octanol–water partition coefficient (Wildman–Crippen LogP) is 12.4. The van der Waals surface area contributed by atoms with Crippen molar-refractivity contribution in [3.63, 3.8) is 0 Å². The predicted molar refractivity (Wildman–Crippen MR) is 188 cm³/mol. The van der Waals surface area contributed by atoms with E-state index in [0.29, 0.717) is 0 Å². The van der Waals surface area contributed by atoms with Gasteiger partial charge in [0.25, 0.3) is 0 Å². The van der Waals surface area contributed by atoms with E-state index in [2.05, 4.69) is 157 Å². The Hall–Kier alpha value is -5.18. The van der Waals surface area contributed by atoms with Crippen LogP contribution in [0.3, 0.4) is 0 Å². The summed E-state index contributed by atoms with van der Waals surface area (Å²) in [4.78, 5) is 2.44. The van der Waals surface area contributed by atoms with Crippen LogP contribution in [0.25, 0.3) is 63.6 Å². The Morgan fingerprint density at radius 3 is 2.02 bits per heavy atom. The summed E-state index contributed by atoms with van der Waals surface area (Å²) in [6, 6.07) is 53.7. The van der Waals surface area contributed by atoms with E-state index in [-0.39, 0.29) is 0 Å². The molecule has 0 bridgehead atoms. The van der Waals surface area contributed by atoms with E-state index >= 15 is 0 Å². The summed E-state index contributed by atoms with van der Waals surface area (Å²) in [6.07, 6.45) is 0. The first-order valence-electron chi connectivity index (χ1n) is 14.8. The van der Waals surface area contributed by atoms with Crippen LogP contribution < -0.4 is 4.90 Å². The fourth-order valence-electron chi connectivity index (χ4n) is 6.90. The lowest BCUT2D eigenvalue weighted by molar-refractivity contribution is 1.28. The topological polar surface area (TPSA) is 3.24 Å². The molecule has 43 heavy (non-hydrogen) atoms. The second kappa shape index (κ2) is 9.42. The number of hydrogen-bond donors (Lipinski definition) is 0. The average Bonchev–Trinajstić information content (AvgIpc) is 3.44. The van der Waals surface area contributed by atoms with E-state index in [4.69, 9.17) is 0 Å². The second-order valence-electron chi connectivity index (χ2n) is 11.4. The lowest BCUT2D eigenvalue weighted by Gasteiger charge is -2.28. The van der Waals surface area contributed by atoms with E-state index < -0.39 is 0 Å². The van der Waals surface area contributed by atoms with E-state index in [1.54, 1.807) is 0 Å². The average molecular weight is 566 g/mol. The van der Waals surface area contributed by atoms with Crippen molar-refractivity contribution in [3.8, 4) is 11.1 Å². The van der Waals surface area contributed by atoms with Crippen LogP contribution in [0.2, 0.25) is 0 Å². The lowest BCUT2D eigenvalue weighted by atomic mass is 9.93. The maximum absolute atomic E-state index is 2.44. The van der Waals surface area contributed by atoms with E-state index in [1.165, 1.54) is 74.9 Å². The molecule has 0 N–H and O–H groups in total. The molecule has 1 nitrogen and oxygen atoms in total. The van der Waals surface area contributed by atoms with Gasteiger partial charge in [0.2, 0.25) is 0 Å². The van der Waals surface area contributed by atoms with Gasteiger partial charge in [-0.05, 0) is 86.9 Å². The van der Waals surface area contributed by atoms with Gasteiger partial charge in [0.1, 0.15) is 0 Å². The van der Waals surface area contributed by atoms with Crippen molar-refractivity contribution in [2.75, 3.05) is 4.90 Å². The summed E-state index contributed by atoms with van der Waals surface area (Å²) < 4.78 is 2.67. The molecule has 0 unspecified atom stereocenters. The molecular formula is C41H27NS. The van der Waals surface area contributed by atoms with E-state index in [9.17, 15) is 0 Å². The van der Waals surface area contributed by atoms with Crippen molar-refractivity contribution in [1.29, 1.82) is 0 Å². The summed E-state index contributed by atoms with van der Waals surface area (Å²) in [6.45, 7) is 2.17. The van der Waals surface area contributed by atoms with Gasteiger partial charge in [-0.3, -0.25) is 0 Å². The largest absolute Gasteiger partial charge is 0.310 e. The molecule has 0 radical (unpaired) electrons. The molecule has 0 atom stereocenters. The third-order valence-corrected chi connectivity index (χ3v) is 10.0. The minimum absolute atomic E-state index is 1.15. The molecule has 0 fully saturated rings. The van der Waals surface area contributed by atoms with Crippen molar-refractivity contribution in [2.45, 2.75) is 6.92 Å². The maximum atomic E-state index is 2.44. The summed E-state index contributed by atoms with van der Waals surface area (Å²) in [5, 5.41) is 10.4. The van der Waals surface area contributed by atoms with Gasteiger partial charge in [-0.25, -0.2) is 0 Å². The minimum atomic E-state index is 1.15. The smallest absolute Gasteiger partial charge is 0.0540 e. The molecule has 202 valence electrons. The molecule has 0 spiro atoms. The summed E-state index contributed by atoms with van der Waals surface area (Å²) >= 11 is 1.88. The molecule has 1 heterocycles. The van der Waals surface area contributed by atoms with Crippen LogP contribution in [-0.2, 0) is 0 Å². The number of nitrogens with zero attached hydrogens (tertiary/aromatic N) is 1. The Balaban J connectivity index is 1.30. The van der Waals surface area contributed by atoms with Crippen LogP contribution in [0.4, 0.5) is 17.1 Å². The number of thiophene rings is 1. The number of benzene rings is 8. The summed E-state index contributed by atoms with van der Waals surface area (Å²) in [5.41, 5.74) is 7.24. The Bertz CT molecular complexity index is 2470. The molecule has 0 aliphatic rings. The molecular weight excluding hydrogens is 539 g/mol. The molecule has 9 aromatic rings. The van der Waals surface area contributed by atoms with Crippen LogP contribution in [0.1, 0.15) is 5.56 Å². The SMILES string of the molecule is Cc1cccc(N(c2cccc(-c3cccc4c3sc3ccccc34)c2)c2ccc3ccc4cccc5ccc2c3c45)c1. The van der Waals surface area contributed by atoms with Crippen molar-refractivity contribution >= 4 is 80.9 Å². The Kier molecular flexibility index (Phi) is 5.35. The van der Waals surface area contributed by atoms with Gasteiger partial charge < -0.3 is 4.90 Å². The van der Waals surface area contributed by atoms with Gasteiger partial charge in [0.15, 0.2) is 0 Å². The first kappa shape index (κ1) is 24.4. The summed E-state index contributed by atoms with van der Waals surface area (Å²) in [5.74, 6) is 0. The van der Waals surface area contributed by atoms with Gasteiger partial charge in [-0.1, -0.05) is 109 Å². The standard InChI is InChI=1S/C41H27NS/c1-26-8-4-12-31(24-26)42(37-23-21-29-19-18-27-9-5-10-28-20-22-36(37)40(29)39(27)28)32-13-6-11-30(25-32)33-15-7-16-35-34-14-2-3-17-38(34)43-41(33)35/h2-25H,1H3. The maximum Gasteiger partial charge on any atom is 0.0540 e. The van der Waals surface area contributed by atoms with Crippen molar-refractivity contribution < 1.29 is 0 Å². The number of rotatable bonds is 4. The molecule has 2 heteroatoms. The number of aryl methyl sites for hydroxylation is 1. The highest BCUT2D eigenvalue weighted by Crippen LogP contribution is 2.45. The van der Waals surface area contributed by atoms with E-state index in [1.807, 2.05) is 11.3 Å². The van der Waals surface area contributed by atoms with Crippen LogP contribution in [0, 0.1) is 6.92 Å². The highest BCUT2D eigenvalue weighted by Gasteiger charge is 2.19. The Morgan fingerprint density at radius 1 is 0.488 bits per heavy atom. The second-order valence-corrected chi connectivity index (χ2v) is 12.5. The molecule has 0 amide bonds. The van der Waals surface area contributed by atoms with Crippen molar-refractivity contribution in [1.82, 2.24) is 0 Å². The van der Waals surface area contributed by atoms with Gasteiger partial charge in [0, 0.05) is 36.9 Å². The Morgan fingerprint density at radius 2 is 1.16 bits per heavy atom. The summed E-state index contributed by atoms with van der Waals surface area (Å²) in [7, 11) is 0. The van der Waals surface area contributed by atoms with Gasteiger partial charge in [0.05, 0.1) is 5.69 Å². The monoisotopic (exact) mass is 565 g/mol. The molecule has 0 aliphatic carbocycles. The van der Waals surface area contributed by atoms with Crippen LogP contribution in [0.5, 0.6) is 0 Å². The van der Waals surface area contributed by atoms with Gasteiger partial charge >= 0.3 is 0 Å². The fraction of sp³-hybridized carbons (Fsp3) is 0.0244. The first-order valence-corrected chi connectivity index (χ1v) is 15.6. The third-order valence-electron chi connectivity index (χ3n) is 8.83. The van der Waals surface area contributed by atoms with Crippen molar-refractivity contribution in [2.24, 2.45) is 0 Å². The highest BCUT2D eigenvalue weighted by atomic mass is 32.1. The normalized spacial score (nSPS) is 11.8. The number of anilines is 3. The highest BCUT2D eigenvalue weighted by molar-refractivity contribution is 7.26. The zero-order chi connectivity index (χ0) is 28.5. The van der Waals surface area contributed by atoms with Crippen LogP contribution in [-0.4, -0.2) is 0 Å². The minimum Gasteiger partial charge on any atom is -0.310 e. The third kappa shape index (κ3) is 3.77. The van der Waals surface area contributed by atoms with Gasteiger partial charge in [-0.15, -0.1) is 11.3 Å². The zero-order valence-corrected chi connectivity index (χ0v) is 24.5. The first-order chi connectivity index (χ1) is 21.2. The fourth-order valence-corrected chi connectivity index (χ4v) is 8.13. The molecule has 1 aromatic heterocycles. The van der Waals surface area contributed by atoms with Crippen molar-refractivity contribution in [3.05, 3.63) is 151 Å². The number of hydrogen-bond acceptors (Lipinski definition) is 2. The number of fused-ring (bicyclic) bond motifs is 3. The molecule has 0 saturated heterocycles. The van der Waals surface area contributed by atoms with Crippen LogP contribution in [0.15, 0.2) is 146 Å². The van der Waals surface area contributed by atoms with E-state index in [0.717, 1.165) is 11.4 Å². The molecule has 0 aliphatic heterocycles. The quantitative estimate of drug-likeness (QED) is 0.192. The zero-order valence-electron chi connectivity index (χ0n) is 23.7. The lowest BCUT2D eigenvalue weighted by Crippen LogP contribution is -2.11. The molecule has 8 aromatic carbocycles. The molecule has 0 saturated carbocycles. The Labute approximate surface area is 254 Å². The van der Waals surface area contributed by atoms with Gasteiger partial charge in [-0.2, -0.15) is 0 Å². The van der Waals surface area contributed by atoms with Crippen LogP contribution >= 0.6 is 11.3 Å². The molecule has 9 rings (SSSR count).